The third-order valence-corrected chi connectivity index (χ3v) is 3.70. The van der Waals surface area contributed by atoms with E-state index in [-0.39, 0.29) is 0 Å². The zero-order chi connectivity index (χ0) is 9.97. The van der Waals surface area contributed by atoms with Gasteiger partial charge in [0, 0.05) is 27.7 Å². The predicted molar refractivity (Wildman–Crippen MR) is 66.0 cm³/mol. The first-order valence-electron chi connectivity index (χ1n) is 4.56. The highest BCUT2D eigenvalue weighted by Gasteiger charge is 2.21. The van der Waals surface area contributed by atoms with Gasteiger partial charge in [-0.2, -0.15) is 0 Å². The second-order valence-electron chi connectivity index (χ2n) is 3.30. The van der Waals surface area contributed by atoms with E-state index >= 15 is 0 Å². The number of halogens is 1. The third kappa shape index (κ3) is 2.22. The maximum absolute atomic E-state index is 3.82. The van der Waals surface area contributed by atoms with E-state index in [0.29, 0.717) is 6.04 Å². The van der Waals surface area contributed by atoms with Crippen LogP contribution in [0, 0.1) is 0 Å². The fraction of sp³-hybridized carbons (Fsp3) is 0.273. The van der Waals surface area contributed by atoms with Crippen molar-refractivity contribution in [2.45, 2.75) is 10.9 Å². The average Bonchev–Trinajstić information content (AvgIpc) is 2.58. The fourth-order valence-electron chi connectivity index (χ4n) is 1.57. The molecule has 1 aromatic carbocycles. The van der Waals surface area contributed by atoms with Crippen LogP contribution in [0.15, 0.2) is 40.2 Å². The van der Waals surface area contributed by atoms with Crippen LogP contribution in [0.5, 0.6) is 0 Å². The van der Waals surface area contributed by atoms with Gasteiger partial charge in [0.25, 0.3) is 0 Å². The van der Waals surface area contributed by atoms with Crippen LogP contribution in [0.3, 0.4) is 0 Å². The molecule has 1 aliphatic rings. The molecular weight excluding hydrogens is 258 g/mol. The molecule has 2 rings (SSSR count). The Bertz CT molecular complexity index is 351. The summed E-state index contributed by atoms with van der Waals surface area (Å²) in [6.07, 6.45) is 0. The van der Waals surface area contributed by atoms with Gasteiger partial charge in [-0.3, -0.25) is 0 Å². The van der Waals surface area contributed by atoms with Gasteiger partial charge >= 0.3 is 0 Å². The summed E-state index contributed by atoms with van der Waals surface area (Å²) in [5, 5.41) is 3.47. The lowest BCUT2D eigenvalue weighted by Crippen LogP contribution is -2.22. The molecule has 0 amide bonds. The molecule has 1 aromatic rings. The zero-order valence-electron chi connectivity index (χ0n) is 7.79. The number of hydrogen-bond acceptors (Lipinski definition) is 2. The summed E-state index contributed by atoms with van der Waals surface area (Å²) < 4.78 is 1.01. The highest BCUT2D eigenvalue weighted by atomic mass is 79.9. The summed E-state index contributed by atoms with van der Waals surface area (Å²) in [6.45, 7) is 4.65. The van der Waals surface area contributed by atoms with Crippen LogP contribution in [0.1, 0.15) is 11.6 Å². The smallest absolute Gasteiger partial charge is 0.0429 e. The van der Waals surface area contributed by atoms with Crippen LogP contribution in [-0.2, 0) is 0 Å². The number of nitrogens with one attached hydrogen (secondary N) is 1. The van der Waals surface area contributed by atoms with Crippen LogP contribution in [0.2, 0.25) is 0 Å². The molecule has 0 bridgehead atoms. The molecule has 1 atom stereocenters. The van der Waals surface area contributed by atoms with E-state index in [4.69, 9.17) is 0 Å². The van der Waals surface area contributed by atoms with Gasteiger partial charge in [-0.25, -0.2) is 0 Å². The van der Waals surface area contributed by atoms with Gasteiger partial charge < -0.3 is 5.32 Å². The van der Waals surface area contributed by atoms with Crippen LogP contribution < -0.4 is 5.32 Å². The molecule has 74 valence electrons. The minimum absolute atomic E-state index is 0.477. The highest BCUT2D eigenvalue weighted by Crippen LogP contribution is 2.37. The Balaban J connectivity index is 2.07. The van der Waals surface area contributed by atoms with E-state index in [1.807, 2.05) is 11.8 Å². The van der Waals surface area contributed by atoms with Crippen molar-refractivity contribution in [2.24, 2.45) is 0 Å². The van der Waals surface area contributed by atoms with Crippen molar-refractivity contribution >= 4 is 27.7 Å². The number of hydrogen-bond donors (Lipinski definition) is 1. The van der Waals surface area contributed by atoms with Gasteiger partial charge in [0.2, 0.25) is 0 Å². The number of thioether (sulfide) groups is 1. The molecule has 0 fully saturated rings. The molecule has 1 heterocycles. The summed E-state index contributed by atoms with van der Waals surface area (Å²) in [7, 11) is 0. The topological polar surface area (TPSA) is 12.0 Å². The third-order valence-electron chi connectivity index (χ3n) is 2.24. The van der Waals surface area contributed by atoms with Crippen molar-refractivity contribution in [2.75, 3.05) is 12.3 Å². The maximum atomic E-state index is 3.82. The molecule has 3 heteroatoms. The van der Waals surface area contributed by atoms with Gasteiger partial charge in [0.05, 0.1) is 0 Å². The lowest BCUT2D eigenvalue weighted by molar-refractivity contribution is 0.626. The first-order valence-corrected chi connectivity index (χ1v) is 6.33. The number of rotatable bonds is 3. The van der Waals surface area contributed by atoms with Gasteiger partial charge in [0.1, 0.15) is 0 Å². The van der Waals surface area contributed by atoms with E-state index in [2.05, 4.69) is 52.1 Å². The highest BCUT2D eigenvalue weighted by molar-refractivity contribution is 9.11. The van der Waals surface area contributed by atoms with Gasteiger partial charge in [0.15, 0.2) is 0 Å². The Morgan fingerprint density at radius 1 is 1.57 bits per heavy atom. The molecule has 0 aliphatic carbocycles. The lowest BCUT2D eigenvalue weighted by atomic mass is 10.1. The maximum Gasteiger partial charge on any atom is 0.0429 e. The van der Waals surface area contributed by atoms with Gasteiger partial charge in [-0.1, -0.05) is 40.7 Å². The largest absolute Gasteiger partial charge is 0.305 e. The zero-order valence-corrected chi connectivity index (χ0v) is 10.2. The van der Waals surface area contributed by atoms with Crippen LogP contribution in [-0.4, -0.2) is 12.3 Å². The predicted octanol–water partition coefficient (Wildman–Crippen LogP) is 3.33. The number of fused-ring (bicyclic) bond motifs is 1. The number of benzene rings is 1. The molecule has 14 heavy (non-hydrogen) atoms. The summed E-state index contributed by atoms with van der Waals surface area (Å²) >= 11 is 5.28. The van der Waals surface area contributed by atoms with Crippen molar-refractivity contribution < 1.29 is 0 Å². The molecule has 1 N–H and O–H groups in total. The second-order valence-corrected chi connectivity index (χ2v) is 5.48. The Kier molecular flexibility index (Phi) is 3.31. The quantitative estimate of drug-likeness (QED) is 0.904. The van der Waals surface area contributed by atoms with Crippen LogP contribution in [0.4, 0.5) is 0 Å². The summed E-state index contributed by atoms with van der Waals surface area (Å²) in [6, 6.07) is 9.06. The Morgan fingerprint density at radius 3 is 3.14 bits per heavy atom. The lowest BCUT2D eigenvalue weighted by Gasteiger charge is -2.12. The standard InChI is InChI=1S/C11H12BrNS/c1-8(12)6-13-10-7-14-11-5-3-2-4-9(10)11/h2-5,10,13H,1,6-7H2. The molecular formula is C11H12BrNS. The van der Waals surface area contributed by atoms with E-state index < -0.39 is 0 Å². The van der Waals surface area contributed by atoms with Gasteiger partial charge in [-0.05, 0) is 11.6 Å². The normalized spacial score (nSPS) is 19.4. The molecule has 0 spiro atoms. The summed E-state index contributed by atoms with van der Waals surface area (Å²) in [5.41, 5.74) is 1.42. The fourth-order valence-corrected chi connectivity index (χ4v) is 2.92. The Labute approximate surface area is 97.1 Å². The van der Waals surface area contributed by atoms with E-state index in [0.717, 1.165) is 16.8 Å². The average molecular weight is 270 g/mol. The minimum atomic E-state index is 0.477. The van der Waals surface area contributed by atoms with Gasteiger partial charge in [-0.15, -0.1) is 11.8 Å². The van der Waals surface area contributed by atoms with E-state index in [9.17, 15) is 0 Å². The summed E-state index contributed by atoms with van der Waals surface area (Å²) in [4.78, 5) is 1.41. The first kappa shape index (κ1) is 10.3. The minimum Gasteiger partial charge on any atom is -0.305 e. The van der Waals surface area contributed by atoms with Crippen molar-refractivity contribution in [1.82, 2.24) is 5.32 Å². The monoisotopic (exact) mass is 269 g/mol. The molecule has 0 radical (unpaired) electrons. The van der Waals surface area contributed by atoms with Crippen molar-refractivity contribution in [3.8, 4) is 0 Å². The first-order chi connectivity index (χ1) is 6.77. The molecule has 0 saturated heterocycles. The summed E-state index contributed by atoms with van der Waals surface area (Å²) in [5.74, 6) is 1.12. The van der Waals surface area contributed by atoms with Crippen LogP contribution in [0.25, 0.3) is 0 Å². The molecule has 1 nitrogen and oxygen atoms in total. The second kappa shape index (κ2) is 4.51. The Hall–Kier alpha value is -0.250. The van der Waals surface area contributed by atoms with Crippen molar-refractivity contribution in [3.05, 3.63) is 40.9 Å². The van der Waals surface area contributed by atoms with Crippen LogP contribution >= 0.6 is 27.7 Å². The van der Waals surface area contributed by atoms with E-state index in [1.54, 1.807) is 0 Å². The van der Waals surface area contributed by atoms with Crippen molar-refractivity contribution in [1.29, 1.82) is 0 Å². The van der Waals surface area contributed by atoms with Crippen molar-refractivity contribution in [3.63, 3.8) is 0 Å². The molecule has 0 saturated carbocycles. The Morgan fingerprint density at radius 2 is 2.36 bits per heavy atom. The molecule has 1 unspecified atom stereocenters. The van der Waals surface area contributed by atoms with E-state index in [1.165, 1.54) is 10.5 Å². The molecule has 1 aliphatic heterocycles. The molecule has 0 aromatic heterocycles. The SMILES string of the molecule is C=C(Br)CNC1CSc2ccccc21.